The molecule has 1 nitrogen and oxygen atoms in total. The molecule has 0 fully saturated rings. The molecule has 0 spiro atoms. The first-order chi connectivity index (χ1) is 6.07. The van der Waals surface area contributed by atoms with Crippen LogP contribution in [0.1, 0.15) is 13.8 Å². The zero-order chi connectivity index (χ0) is 9.47. The average molecular weight is 259 g/mol. The molecule has 70 valence electrons. The third-order valence-electron chi connectivity index (χ3n) is 1.87. The zero-order valence-corrected chi connectivity index (χ0v) is 10.0. The van der Waals surface area contributed by atoms with Crippen molar-refractivity contribution >= 4 is 27.7 Å². The number of hydrogen-bond donors (Lipinski definition) is 0. The van der Waals surface area contributed by atoms with E-state index < -0.39 is 0 Å². The molecule has 1 aromatic rings. The van der Waals surface area contributed by atoms with Gasteiger partial charge in [0.25, 0.3) is 0 Å². The fourth-order valence-electron chi connectivity index (χ4n) is 1.26. The Morgan fingerprint density at radius 1 is 1.46 bits per heavy atom. The molecule has 1 aliphatic rings. The van der Waals surface area contributed by atoms with Crippen LogP contribution in [-0.4, -0.2) is 11.4 Å². The van der Waals surface area contributed by atoms with E-state index >= 15 is 0 Å². The molecule has 0 N–H and O–H groups in total. The van der Waals surface area contributed by atoms with Gasteiger partial charge >= 0.3 is 0 Å². The molecule has 13 heavy (non-hydrogen) atoms. The van der Waals surface area contributed by atoms with Gasteiger partial charge in [0.05, 0.1) is 4.90 Å². The molecule has 0 amide bonds. The first-order valence-corrected chi connectivity index (χ1v) is 5.96. The van der Waals surface area contributed by atoms with E-state index in [-0.39, 0.29) is 5.60 Å². The summed E-state index contributed by atoms with van der Waals surface area (Å²) < 4.78 is 6.95. The summed E-state index contributed by atoms with van der Waals surface area (Å²) >= 11 is 5.30. The van der Waals surface area contributed by atoms with Gasteiger partial charge < -0.3 is 4.74 Å². The molecule has 0 atom stereocenters. The molecule has 0 aliphatic carbocycles. The summed E-state index contributed by atoms with van der Waals surface area (Å²) in [5.74, 6) is 2.01. The van der Waals surface area contributed by atoms with E-state index in [9.17, 15) is 0 Å². The third-order valence-corrected chi connectivity index (χ3v) is 3.83. The molecular formula is C10H11BrOS. The number of hydrogen-bond acceptors (Lipinski definition) is 2. The molecule has 1 heterocycles. The van der Waals surface area contributed by atoms with Crippen LogP contribution in [0.15, 0.2) is 27.6 Å². The standard InChI is InChI=1S/C10H11BrOS/c1-10(2)6-13-9-5-7(11)3-4-8(9)12-10/h3-5H,6H2,1-2H3. The largest absolute Gasteiger partial charge is 0.486 e. The summed E-state index contributed by atoms with van der Waals surface area (Å²) in [7, 11) is 0. The van der Waals surface area contributed by atoms with Crippen molar-refractivity contribution in [1.29, 1.82) is 0 Å². The normalized spacial score (nSPS) is 19.0. The lowest BCUT2D eigenvalue weighted by atomic mass is 10.2. The second-order valence-electron chi connectivity index (χ2n) is 3.74. The van der Waals surface area contributed by atoms with Gasteiger partial charge in [0.2, 0.25) is 0 Å². The Hall–Kier alpha value is -0.150. The topological polar surface area (TPSA) is 9.23 Å². The fourth-order valence-corrected chi connectivity index (χ4v) is 2.79. The highest BCUT2D eigenvalue weighted by molar-refractivity contribution is 9.10. The minimum atomic E-state index is -0.0362. The number of benzene rings is 1. The molecule has 0 saturated carbocycles. The van der Waals surface area contributed by atoms with E-state index in [1.54, 1.807) is 0 Å². The summed E-state index contributed by atoms with van der Waals surface area (Å²) in [6.45, 7) is 4.23. The molecule has 3 heteroatoms. The maximum Gasteiger partial charge on any atom is 0.133 e. The van der Waals surface area contributed by atoms with Crippen molar-refractivity contribution in [2.24, 2.45) is 0 Å². The van der Waals surface area contributed by atoms with E-state index in [1.165, 1.54) is 4.90 Å². The van der Waals surface area contributed by atoms with E-state index in [0.717, 1.165) is 16.0 Å². The fraction of sp³-hybridized carbons (Fsp3) is 0.400. The SMILES string of the molecule is CC1(C)CSc2cc(Br)ccc2O1. The molecule has 1 aromatic carbocycles. The monoisotopic (exact) mass is 258 g/mol. The second kappa shape index (κ2) is 3.21. The lowest BCUT2D eigenvalue weighted by Crippen LogP contribution is -2.33. The predicted molar refractivity (Wildman–Crippen MR) is 59.6 cm³/mol. The van der Waals surface area contributed by atoms with Crippen molar-refractivity contribution < 1.29 is 4.74 Å². The number of halogens is 1. The molecular weight excluding hydrogens is 248 g/mol. The maximum atomic E-state index is 5.83. The molecule has 0 unspecified atom stereocenters. The highest BCUT2D eigenvalue weighted by Crippen LogP contribution is 2.40. The number of thioether (sulfide) groups is 1. The Morgan fingerprint density at radius 2 is 2.23 bits per heavy atom. The number of ether oxygens (including phenoxy) is 1. The lowest BCUT2D eigenvalue weighted by molar-refractivity contribution is 0.127. The van der Waals surface area contributed by atoms with Crippen LogP contribution >= 0.6 is 27.7 Å². The number of rotatable bonds is 0. The van der Waals surface area contributed by atoms with Crippen molar-refractivity contribution in [3.63, 3.8) is 0 Å². The Balaban J connectivity index is 2.37. The smallest absolute Gasteiger partial charge is 0.133 e. The minimum absolute atomic E-state index is 0.0362. The second-order valence-corrected chi connectivity index (χ2v) is 5.67. The van der Waals surface area contributed by atoms with Gasteiger partial charge in [0.15, 0.2) is 0 Å². The van der Waals surface area contributed by atoms with Crippen LogP contribution in [0.25, 0.3) is 0 Å². The molecule has 1 aliphatic heterocycles. The summed E-state index contributed by atoms with van der Waals surface area (Å²) in [5, 5.41) is 0. The van der Waals surface area contributed by atoms with Gasteiger partial charge in [-0.2, -0.15) is 0 Å². The number of fused-ring (bicyclic) bond motifs is 1. The van der Waals surface area contributed by atoms with Gasteiger partial charge in [-0.25, -0.2) is 0 Å². The van der Waals surface area contributed by atoms with Gasteiger partial charge in [-0.3, -0.25) is 0 Å². The van der Waals surface area contributed by atoms with E-state index in [4.69, 9.17) is 4.74 Å². The lowest BCUT2D eigenvalue weighted by Gasteiger charge is -2.31. The Morgan fingerprint density at radius 3 is 3.00 bits per heavy atom. The van der Waals surface area contributed by atoms with Crippen molar-refractivity contribution in [3.05, 3.63) is 22.7 Å². The van der Waals surface area contributed by atoms with Gasteiger partial charge in [-0.15, -0.1) is 11.8 Å². The molecule has 0 radical (unpaired) electrons. The summed E-state index contributed by atoms with van der Waals surface area (Å²) in [5.41, 5.74) is -0.0362. The van der Waals surface area contributed by atoms with Crippen molar-refractivity contribution in [2.75, 3.05) is 5.75 Å². The highest BCUT2D eigenvalue weighted by Gasteiger charge is 2.26. The van der Waals surface area contributed by atoms with Crippen LogP contribution in [0.5, 0.6) is 5.75 Å². The van der Waals surface area contributed by atoms with Crippen LogP contribution in [0.3, 0.4) is 0 Å². The van der Waals surface area contributed by atoms with Crippen LogP contribution in [0.2, 0.25) is 0 Å². The molecule has 0 aromatic heterocycles. The van der Waals surface area contributed by atoms with Crippen LogP contribution in [-0.2, 0) is 0 Å². The van der Waals surface area contributed by atoms with Gasteiger partial charge in [0, 0.05) is 10.2 Å². The maximum absolute atomic E-state index is 5.83. The first-order valence-electron chi connectivity index (χ1n) is 4.18. The Labute approximate surface area is 91.0 Å². The van der Waals surface area contributed by atoms with Crippen LogP contribution in [0, 0.1) is 0 Å². The third kappa shape index (κ3) is 2.02. The molecule has 2 rings (SSSR count). The summed E-state index contributed by atoms with van der Waals surface area (Å²) in [6.07, 6.45) is 0. The van der Waals surface area contributed by atoms with E-state index in [1.807, 2.05) is 23.9 Å². The van der Waals surface area contributed by atoms with Crippen molar-refractivity contribution in [1.82, 2.24) is 0 Å². The van der Waals surface area contributed by atoms with Crippen molar-refractivity contribution in [2.45, 2.75) is 24.3 Å². The van der Waals surface area contributed by atoms with Gasteiger partial charge in [-0.1, -0.05) is 15.9 Å². The summed E-state index contributed by atoms with van der Waals surface area (Å²) in [6, 6.07) is 6.14. The minimum Gasteiger partial charge on any atom is -0.486 e. The predicted octanol–water partition coefficient (Wildman–Crippen LogP) is 3.71. The first kappa shape index (κ1) is 9.41. The Bertz CT molecular complexity index is 336. The average Bonchev–Trinajstić information content (AvgIpc) is 2.05. The Kier molecular flexibility index (Phi) is 2.32. The zero-order valence-electron chi connectivity index (χ0n) is 7.63. The quantitative estimate of drug-likeness (QED) is 0.702. The van der Waals surface area contributed by atoms with Crippen LogP contribution in [0.4, 0.5) is 0 Å². The molecule has 0 bridgehead atoms. The van der Waals surface area contributed by atoms with Gasteiger partial charge in [-0.05, 0) is 32.0 Å². The molecule has 0 saturated heterocycles. The highest BCUT2D eigenvalue weighted by atomic mass is 79.9. The van der Waals surface area contributed by atoms with Crippen molar-refractivity contribution in [3.8, 4) is 5.75 Å². The summed E-state index contributed by atoms with van der Waals surface area (Å²) in [4.78, 5) is 1.23. The van der Waals surface area contributed by atoms with Crippen LogP contribution < -0.4 is 4.74 Å². The van der Waals surface area contributed by atoms with E-state index in [0.29, 0.717) is 0 Å². The van der Waals surface area contributed by atoms with E-state index in [2.05, 4.69) is 35.8 Å². The van der Waals surface area contributed by atoms with Gasteiger partial charge in [0.1, 0.15) is 11.4 Å².